The van der Waals surface area contributed by atoms with Crippen molar-refractivity contribution in [1.82, 2.24) is 0 Å². The van der Waals surface area contributed by atoms with Crippen LogP contribution in [0, 0.1) is 0 Å². The van der Waals surface area contributed by atoms with Gasteiger partial charge in [0.1, 0.15) is 0 Å². The highest BCUT2D eigenvalue weighted by Gasteiger charge is 2.39. The predicted octanol–water partition coefficient (Wildman–Crippen LogP) is 2.00. The van der Waals surface area contributed by atoms with Crippen molar-refractivity contribution in [3.63, 3.8) is 0 Å². The van der Waals surface area contributed by atoms with Gasteiger partial charge in [0.05, 0.1) is 17.1 Å². The summed E-state index contributed by atoms with van der Waals surface area (Å²) in [5.74, 6) is 0. The van der Waals surface area contributed by atoms with Crippen LogP contribution in [0.25, 0.3) is 0 Å². The molecule has 0 aromatic carbocycles. The quantitative estimate of drug-likeness (QED) is 0.437. The summed E-state index contributed by atoms with van der Waals surface area (Å²) in [7, 11) is 0. The van der Waals surface area contributed by atoms with E-state index in [0.717, 1.165) is 5.71 Å². The third-order valence-corrected chi connectivity index (χ3v) is 2.47. The molecule has 0 saturated carbocycles. The highest BCUT2D eigenvalue weighted by Crippen LogP contribution is 2.32. The summed E-state index contributed by atoms with van der Waals surface area (Å²) in [4.78, 5) is 5.40. The molecule has 0 aromatic rings. The van der Waals surface area contributed by atoms with Crippen LogP contribution in [0.3, 0.4) is 0 Å². The van der Waals surface area contributed by atoms with Crippen molar-refractivity contribution >= 4 is 17.1 Å². The van der Waals surface area contributed by atoms with E-state index in [4.69, 9.17) is 15.3 Å². The smallest absolute Gasteiger partial charge is 0.153 e. The van der Waals surface area contributed by atoms with Gasteiger partial charge >= 0.3 is 0 Å². The molecule has 1 aliphatic rings. The van der Waals surface area contributed by atoms with E-state index >= 15 is 0 Å². The van der Waals surface area contributed by atoms with Crippen molar-refractivity contribution in [2.24, 2.45) is 15.5 Å². The van der Waals surface area contributed by atoms with E-state index in [0.29, 0.717) is 30.7 Å². The van der Waals surface area contributed by atoms with Crippen LogP contribution in [0.15, 0.2) is 15.5 Å². The molecule has 90 valence electrons. The Balaban J connectivity index is 2.79. The summed E-state index contributed by atoms with van der Waals surface area (Å²) in [5, 5.41) is 27.5. The zero-order chi connectivity index (χ0) is 12.2. The SMILES string of the molecule is CC1=NOC(C/C(C)=N/O)(C/C(C)=N/O)C1. The van der Waals surface area contributed by atoms with Gasteiger partial charge in [-0.2, -0.15) is 0 Å². The van der Waals surface area contributed by atoms with Gasteiger partial charge in [-0.05, 0) is 20.8 Å². The standard InChI is InChI=1S/C10H17N3O3/c1-7(11-14)4-10(5-8(2)12-15)6-9(3)13-16-10/h14-15H,4-6H2,1-3H3/b11-7+,12-8+. The van der Waals surface area contributed by atoms with Gasteiger partial charge in [0.25, 0.3) is 0 Å². The minimum Gasteiger partial charge on any atom is -0.411 e. The molecule has 0 aromatic heterocycles. The Morgan fingerprint density at radius 1 is 1.31 bits per heavy atom. The summed E-state index contributed by atoms with van der Waals surface area (Å²) in [6, 6.07) is 0. The topological polar surface area (TPSA) is 86.8 Å². The van der Waals surface area contributed by atoms with Gasteiger partial charge < -0.3 is 15.3 Å². The van der Waals surface area contributed by atoms with Crippen molar-refractivity contribution in [3.8, 4) is 0 Å². The summed E-state index contributed by atoms with van der Waals surface area (Å²) < 4.78 is 0. The van der Waals surface area contributed by atoms with Crippen LogP contribution in [0.1, 0.15) is 40.0 Å². The maximum Gasteiger partial charge on any atom is 0.153 e. The Kier molecular flexibility index (Phi) is 3.87. The van der Waals surface area contributed by atoms with Gasteiger partial charge in [0, 0.05) is 19.3 Å². The average Bonchev–Trinajstić information content (AvgIpc) is 2.59. The lowest BCUT2D eigenvalue weighted by Gasteiger charge is -2.25. The normalized spacial score (nSPS) is 20.6. The number of hydrogen-bond donors (Lipinski definition) is 2. The van der Waals surface area contributed by atoms with Crippen molar-refractivity contribution in [3.05, 3.63) is 0 Å². The van der Waals surface area contributed by atoms with E-state index in [2.05, 4.69) is 15.5 Å². The van der Waals surface area contributed by atoms with Gasteiger partial charge in [0.2, 0.25) is 0 Å². The minimum atomic E-state index is -0.573. The summed E-state index contributed by atoms with van der Waals surface area (Å²) in [6.07, 6.45) is 1.56. The lowest BCUT2D eigenvalue weighted by molar-refractivity contribution is -0.00799. The van der Waals surface area contributed by atoms with Crippen LogP contribution < -0.4 is 0 Å². The van der Waals surface area contributed by atoms with Crippen molar-refractivity contribution in [1.29, 1.82) is 0 Å². The largest absolute Gasteiger partial charge is 0.411 e. The molecule has 6 heteroatoms. The fraction of sp³-hybridized carbons (Fsp3) is 0.700. The first kappa shape index (κ1) is 12.5. The minimum absolute atomic E-state index is 0.456. The molecule has 0 amide bonds. The van der Waals surface area contributed by atoms with Crippen molar-refractivity contribution in [2.75, 3.05) is 0 Å². The number of rotatable bonds is 4. The molecule has 0 aliphatic carbocycles. The van der Waals surface area contributed by atoms with Crippen molar-refractivity contribution in [2.45, 2.75) is 45.6 Å². The van der Waals surface area contributed by atoms with E-state index in [1.54, 1.807) is 13.8 Å². The van der Waals surface area contributed by atoms with E-state index in [1.807, 2.05) is 6.92 Å². The zero-order valence-electron chi connectivity index (χ0n) is 9.77. The Bertz CT molecular complexity index is 327. The van der Waals surface area contributed by atoms with Gasteiger partial charge in [0.15, 0.2) is 5.60 Å². The van der Waals surface area contributed by atoms with Gasteiger partial charge in [-0.25, -0.2) is 0 Å². The van der Waals surface area contributed by atoms with E-state index < -0.39 is 5.60 Å². The van der Waals surface area contributed by atoms with E-state index in [1.165, 1.54) is 0 Å². The number of oxime groups is 3. The van der Waals surface area contributed by atoms with Crippen LogP contribution in [0.4, 0.5) is 0 Å². The Labute approximate surface area is 94.3 Å². The first-order valence-electron chi connectivity index (χ1n) is 5.08. The molecule has 0 bridgehead atoms. The fourth-order valence-electron chi connectivity index (χ4n) is 1.96. The second kappa shape index (κ2) is 4.96. The molecule has 0 radical (unpaired) electrons. The average molecular weight is 227 g/mol. The van der Waals surface area contributed by atoms with Crippen LogP contribution >= 0.6 is 0 Å². The molecular weight excluding hydrogens is 210 g/mol. The molecule has 16 heavy (non-hydrogen) atoms. The van der Waals surface area contributed by atoms with Crippen LogP contribution in [-0.2, 0) is 4.84 Å². The van der Waals surface area contributed by atoms with Crippen LogP contribution in [0.2, 0.25) is 0 Å². The maximum atomic E-state index is 8.68. The fourth-order valence-corrected chi connectivity index (χ4v) is 1.96. The molecule has 2 N–H and O–H groups in total. The summed E-state index contributed by atoms with van der Waals surface area (Å²) in [5.41, 5.74) is 1.44. The molecule has 1 rings (SSSR count). The third kappa shape index (κ3) is 2.95. The second-order valence-electron chi connectivity index (χ2n) is 4.30. The molecular formula is C10H17N3O3. The molecule has 1 aliphatic heterocycles. The highest BCUT2D eigenvalue weighted by molar-refractivity contribution is 5.90. The van der Waals surface area contributed by atoms with Crippen LogP contribution in [-0.4, -0.2) is 33.2 Å². The monoisotopic (exact) mass is 227 g/mol. The summed E-state index contributed by atoms with van der Waals surface area (Å²) in [6.45, 7) is 5.30. The first-order valence-corrected chi connectivity index (χ1v) is 5.08. The Hall–Kier alpha value is -1.59. The first-order chi connectivity index (χ1) is 7.51. The Morgan fingerprint density at radius 3 is 2.12 bits per heavy atom. The van der Waals surface area contributed by atoms with Crippen LogP contribution in [0.5, 0.6) is 0 Å². The molecule has 0 atom stereocenters. The highest BCUT2D eigenvalue weighted by atomic mass is 16.7. The molecule has 1 heterocycles. The zero-order valence-corrected chi connectivity index (χ0v) is 9.77. The van der Waals surface area contributed by atoms with E-state index in [9.17, 15) is 0 Å². The summed E-state index contributed by atoms with van der Waals surface area (Å²) >= 11 is 0. The lowest BCUT2D eigenvalue weighted by Crippen LogP contribution is -2.33. The number of nitrogens with zero attached hydrogens (tertiary/aromatic N) is 3. The molecule has 0 unspecified atom stereocenters. The molecule has 6 nitrogen and oxygen atoms in total. The lowest BCUT2D eigenvalue weighted by atomic mass is 9.87. The number of hydrogen-bond acceptors (Lipinski definition) is 6. The second-order valence-corrected chi connectivity index (χ2v) is 4.30. The van der Waals surface area contributed by atoms with Gasteiger partial charge in [-0.15, -0.1) is 0 Å². The maximum absolute atomic E-state index is 8.68. The van der Waals surface area contributed by atoms with Gasteiger partial charge in [-0.3, -0.25) is 0 Å². The third-order valence-electron chi connectivity index (χ3n) is 2.47. The van der Waals surface area contributed by atoms with Crippen molar-refractivity contribution < 1.29 is 15.3 Å². The Morgan fingerprint density at radius 2 is 1.81 bits per heavy atom. The molecule has 0 spiro atoms. The van der Waals surface area contributed by atoms with Gasteiger partial charge in [-0.1, -0.05) is 15.5 Å². The molecule has 0 fully saturated rings. The predicted molar refractivity (Wildman–Crippen MR) is 60.6 cm³/mol. The molecule has 0 saturated heterocycles. The van der Waals surface area contributed by atoms with E-state index in [-0.39, 0.29) is 0 Å².